The zero-order valence-corrected chi connectivity index (χ0v) is 11.7. The first-order chi connectivity index (χ1) is 8.63. The van der Waals surface area contributed by atoms with Crippen molar-refractivity contribution in [2.45, 2.75) is 33.6 Å². The Morgan fingerprint density at radius 2 is 2.11 bits per heavy atom. The number of anilines is 1. The van der Waals surface area contributed by atoms with Crippen molar-refractivity contribution in [3.05, 3.63) is 29.3 Å². The molecule has 18 heavy (non-hydrogen) atoms. The van der Waals surface area contributed by atoms with E-state index in [9.17, 15) is 4.79 Å². The third kappa shape index (κ3) is 3.49. The Hall–Kier alpha value is -1.51. The van der Waals surface area contributed by atoms with Gasteiger partial charge in [0.25, 0.3) is 0 Å². The molecule has 1 N–H and O–H groups in total. The zero-order valence-electron chi connectivity index (χ0n) is 11.7. The number of esters is 1. The van der Waals surface area contributed by atoms with Gasteiger partial charge in [0, 0.05) is 12.2 Å². The molecule has 1 rings (SSSR count). The van der Waals surface area contributed by atoms with Crippen LogP contribution in [-0.4, -0.2) is 19.6 Å². The molecule has 0 aromatic heterocycles. The first-order valence-electron chi connectivity index (χ1n) is 6.54. The Morgan fingerprint density at radius 3 is 2.67 bits per heavy atom. The molecule has 0 saturated carbocycles. The van der Waals surface area contributed by atoms with Gasteiger partial charge >= 0.3 is 5.97 Å². The maximum Gasteiger partial charge on any atom is 0.310 e. The third-order valence-electron chi connectivity index (χ3n) is 3.29. The van der Waals surface area contributed by atoms with Crippen molar-refractivity contribution < 1.29 is 9.53 Å². The van der Waals surface area contributed by atoms with E-state index in [1.165, 1.54) is 18.2 Å². The normalized spacial score (nSPS) is 12.0. The van der Waals surface area contributed by atoms with Crippen LogP contribution in [0.3, 0.4) is 0 Å². The van der Waals surface area contributed by atoms with Crippen molar-refractivity contribution in [1.29, 1.82) is 0 Å². The van der Waals surface area contributed by atoms with Crippen LogP contribution in [0.2, 0.25) is 0 Å². The summed E-state index contributed by atoms with van der Waals surface area (Å²) in [5, 5.41) is 3.40. The number of carbonyl (C=O) groups excluding carboxylic acids is 1. The van der Waals surface area contributed by atoms with Gasteiger partial charge in [-0.2, -0.15) is 0 Å². The van der Waals surface area contributed by atoms with Gasteiger partial charge in [0.2, 0.25) is 0 Å². The smallest absolute Gasteiger partial charge is 0.310 e. The molecule has 1 unspecified atom stereocenters. The van der Waals surface area contributed by atoms with E-state index in [2.05, 4.69) is 37.4 Å². The second kappa shape index (κ2) is 7.04. The van der Waals surface area contributed by atoms with E-state index >= 15 is 0 Å². The number of nitrogens with one attached hydrogen (secondary N) is 1. The molecule has 0 heterocycles. The summed E-state index contributed by atoms with van der Waals surface area (Å²) in [4.78, 5) is 11.5. The summed E-state index contributed by atoms with van der Waals surface area (Å²) in [6.07, 6.45) is 1.77. The second-order valence-corrected chi connectivity index (χ2v) is 4.47. The first kappa shape index (κ1) is 14.6. The van der Waals surface area contributed by atoms with E-state index in [1.54, 1.807) is 0 Å². The summed E-state index contributed by atoms with van der Waals surface area (Å²) in [5.41, 5.74) is 3.66. The van der Waals surface area contributed by atoms with Gasteiger partial charge in [0.15, 0.2) is 0 Å². The van der Waals surface area contributed by atoms with Crippen LogP contribution < -0.4 is 5.32 Å². The topological polar surface area (TPSA) is 38.3 Å². The van der Waals surface area contributed by atoms with E-state index in [-0.39, 0.29) is 11.9 Å². The highest BCUT2D eigenvalue weighted by molar-refractivity contribution is 5.73. The summed E-state index contributed by atoms with van der Waals surface area (Å²) in [6, 6.07) is 6.27. The zero-order chi connectivity index (χ0) is 13.5. The minimum Gasteiger partial charge on any atom is -0.469 e. The number of hydrogen-bond donors (Lipinski definition) is 1. The summed E-state index contributed by atoms with van der Waals surface area (Å²) in [5.74, 6) is -0.226. The van der Waals surface area contributed by atoms with Crippen molar-refractivity contribution in [2.24, 2.45) is 5.92 Å². The maximum atomic E-state index is 11.5. The van der Waals surface area contributed by atoms with Crippen molar-refractivity contribution in [2.75, 3.05) is 19.0 Å². The second-order valence-electron chi connectivity index (χ2n) is 4.47. The van der Waals surface area contributed by atoms with E-state index in [0.717, 1.165) is 18.5 Å². The summed E-state index contributed by atoms with van der Waals surface area (Å²) < 4.78 is 4.80. The number of ether oxygens (including phenoxy) is 1. The van der Waals surface area contributed by atoms with Crippen molar-refractivity contribution in [3.63, 3.8) is 0 Å². The third-order valence-corrected chi connectivity index (χ3v) is 3.29. The molecular weight excluding hydrogens is 226 g/mol. The van der Waals surface area contributed by atoms with Crippen LogP contribution in [-0.2, 0) is 16.0 Å². The standard InChI is InChI=1S/C15H23NO2/c1-5-12-9-7-8-11(3)14(12)16-10-13(6-2)15(17)18-4/h7-9,13,16H,5-6,10H2,1-4H3. The van der Waals surface area contributed by atoms with Gasteiger partial charge in [-0.15, -0.1) is 0 Å². The van der Waals surface area contributed by atoms with Crippen LogP contribution in [0.4, 0.5) is 5.69 Å². The average Bonchev–Trinajstić information content (AvgIpc) is 2.40. The molecule has 0 amide bonds. The fourth-order valence-corrected chi connectivity index (χ4v) is 2.06. The van der Waals surface area contributed by atoms with E-state index in [4.69, 9.17) is 4.74 Å². The molecule has 0 aliphatic heterocycles. The van der Waals surface area contributed by atoms with Gasteiger partial charge in [-0.1, -0.05) is 32.0 Å². The molecule has 1 atom stereocenters. The number of methoxy groups -OCH3 is 1. The number of aryl methyl sites for hydroxylation is 2. The Morgan fingerprint density at radius 1 is 1.39 bits per heavy atom. The number of hydrogen-bond acceptors (Lipinski definition) is 3. The summed E-state index contributed by atoms with van der Waals surface area (Å²) in [6.45, 7) is 6.85. The molecule has 0 fully saturated rings. The van der Waals surface area contributed by atoms with Crippen LogP contribution in [0.25, 0.3) is 0 Å². The minimum atomic E-state index is -0.142. The van der Waals surface area contributed by atoms with Crippen LogP contribution in [0.5, 0.6) is 0 Å². The van der Waals surface area contributed by atoms with E-state index in [1.807, 2.05) is 6.92 Å². The molecule has 1 aromatic rings. The molecule has 0 aliphatic rings. The number of rotatable bonds is 6. The molecule has 0 aliphatic carbocycles. The molecule has 3 heteroatoms. The highest BCUT2D eigenvalue weighted by atomic mass is 16.5. The monoisotopic (exact) mass is 249 g/mol. The highest BCUT2D eigenvalue weighted by Crippen LogP contribution is 2.21. The lowest BCUT2D eigenvalue weighted by Gasteiger charge is -2.18. The number of para-hydroxylation sites is 1. The Kier molecular flexibility index (Phi) is 5.69. The first-order valence-corrected chi connectivity index (χ1v) is 6.54. The molecule has 3 nitrogen and oxygen atoms in total. The maximum absolute atomic E-state index is 11.5. The van der Waals surface area contributed by atoms with Crippen LogP contribution in [0.15, 0.2) is 18.2 Å². The summed E-state index contributed by atoms with van der Waals surface area (Å²) >= 11 is 0. The van der Waals surface area contributed by atoms with Crippen molar-refractivity contribution >= 4 is 11.7 Å². The molecule has 0 spiro atoms. The lowest BCUT2D eigenvalue weighted by molar-refractivity contribution is -0.145. The summed E-state index contributed by atoms with van der Waals surface area (Å²) in [7, 11) is 1.44. The van der Waals surface area contributed by atoms with Crippen LogP contribution in [0.1, 0.15) is 31.4 Å². The minimum absolute atomic E-state index is 0.0840. The van der Waals surface area contributed by atoms with Gasteiger partial charge in [0.05, 0.1) is 13.0 Å². The SMILES string of the molecule is CCc1cccc(C)c1NCC(CC)C(=O)OC. The van der Waals surface area contributed by atoms with Crippen molar-refractivity contribution in [3.8, 4) is 0 Å². The van der Waals surface area contributed by atoms with Crippen LogP contribution >= 0.6 is 0 Å². The quantitative estimate of drug-likeness (QED) is 0.787. The van der Waals surface area contributed by atoms with Gasteiger partial charge in [-0.3, -0.25) is 4.79 Å². The number of carbonyl (C=O) groups is 1. The molecular formula is C15H23NO2. The lowest BCUT2D eigenvalue weighted by atomic mass is 10.0. The average molecular weight is 249 g/mol. The van der Waals surface area contributed by atoms with Crippen molar-refractivity contribution in [1.82, 2.24) is 0 Å². The van der Waals surface area contributed by atoms with Gasteiger partial charge < -0.3 is 10.1 Å². The van der Waals surface area contributed by atoms with Gasteiger partial charge in [-0.25, -0.2) is 0 Å². The Balaban J connectivity index is 2.76. The predicted molar refractivity (Wildman–Crippen MR) is 74.8 cm³/mol. The largest absolute Gasteiger partial charge is 0.469 e. The molecule has 100 valence electrons. The molecule has 0 bridgehead atoms. The fourth-order valence-electron chi connectivity index (χ4n) is 2.06. The fraction of sp³-hybridized carbons (Fsp3) is 0.533. The molecule has 0 radical (unpaired) electrons. The van der Waals surface area contributed by atoms with Gasteiger partial charge in [-0.05, 0) is 30.9 Å². The molecule has 0 saturated heterocycles. The van der Waals surface area contributed by atoms with E-state index in [0.29, 0.717) is 6.54 Å². The van der Waals surface area contributed by atoms with Gasteiger partial charge in [0.1, 0.15) is 0 Å². The Bertz CT molecular complexity index is 401. The lowest BCUT2D eigenvalue weighted by Crippen LogP contribution is -2.24. The Labute approximate surface area is 110 Å². The molecule has 1 aromatic carbocycles. The van der Waals surface area contributed by atoms with E-state index < -0.39 is 0 Å². The highest BCUT2D eigenvalue weighted by Gasteiger charge is 2.17. The number of benzene rings is 1. The predicted octanol–water partition coefficient (Wildman–Crippen LogP) is 3.17. The van der Waals surface area contributed by atoms with Crippen LogP contribution in [0, 0.1) is 12.8 Å².